The van der Waals surface area contributed by atoms with Gasteiger partial charge in [-0.25, -0.2) is 4.39 Å². The molecule has 1 atom stereocenters. The highest BCUT2D eigenvalue weighted by atomic mass is 32.1. The molecule has 0 aromatic heterocycles. The Hall–Kier alpha value is -2.34. The van der Waals surface area contributed by atoms with Crippen LogP contribution in [0.3, 0.4) is 0 Å². The van der Waals surface area contributed by atoms with Crippen molar-refractivity contribution in [2.24, 2.45) is 0 Å². The average Bonchev–Trinajstić information content (AvgIpc) is 3.02. The third-order valence-electron chi connectivity index (χ3n) is 3.61. The second-order valence-corrected chi connectivity index (χ2v) is 5.70. The molecule has 2 aromatic rings. The Morgan fingerprint density at radius 1 is 1.17 bits per heavy atom. The summed E-state index contributed by atoms with van der Waals surface area (Å²) >= 11 is 5.30. The standard InChI is InChI=1S/C17H17FN2O2S/c1-11(13-4-7-15-16(8-13)22-10-21-15)20-17(23)19-9-12-2-5-14(18)6-3-12/h2-8,11H,9-10H2,1H3,(H2,19,20,23)/t11-/m0/s1. The van der Waals surface area contributed by atoms with E-state index in [9.17, 15) is 4.39 Å². The predicted molar refractivity (Wildman–Crippen MR) is 90.0 cm³/mol. The fourth-order valence-electron chi connectivity index (χ4n) is 2.30. The zero-order valence-corrected chi connectivity index (χ0v) is 13.5. The molecule has 6 heteroatoms. The minimum atomic E-state index is -0.245. The Kier molecular flexibility index (Phi) is 4.62. The summed E-state index contributed by atoms with van der Waals surface area (Å²) in [6, 6.07) is 12.2. The number of hydrogen-bond acceptors (Lipinski definition) is 3. The minimum absolute atomic E-state index is 0.0257. The van der Waals surface area contributed by atoms with Crippen molar-refractivity contribution < 1.29 is 13.9 Å². The van der Waals surface area contributed by atoms with Crippen LogP contribution in [0.5, 0.6) is 11.5 Å². The molecule has 1 heterocycles. The summed E-state index contributed by atoms with van der Waals surface area (Å²) in [5.74, 6) is 1.27. The van der Waals surface area contributed by atoms with Gasteiger partial charge in [0.05, 0.1) is 6.04 Å². The zero-order valence-electron chi connectivity index (χ0n) is 12.6. The lowest BCUT2D eigenvalue weighted by Crippen LogP contribution is -2.36. The van der Waals surface area contributed by atoms with Gasteiger partial charge in [-0.15, -0.1) is 0 Å². The second kappa shape index (κ2) is 6.83. The molecule has 0 aliphatic carbocycles. The molecule has 0 bridgehead atoms. The molecular formula is C17H17FN2O2S. The molecule has 0 saturated heterocycles. The van der Waals surface area contributed by atoms with Crippen molar-refractivity contribution in [1.82, 2.24) is 10.6 Å². The molecule has 0 saturated carbocycles. The highest BCUT2D eigenvalue weighted by Crippen LogP contribution is 2.34. The van der Waals surface area contributed by atoms with Gasteiger partial charge in [0.1, 0.15) is 5.82 Å². The fourth-order valence-corrected chi connectivity index (χ4v) is 2.55. The fraction of sp³-hybridized carbons (Fsp3) is 0.235. The topological polar surface area (TPSA) is 42.5 Å². The maximum atomic E-state index is 12.9. The smallest absolute Gasteiger partial charge is 0.231 e. The predicted octanol–water partition coefficient (Wildman–Crippen LogP) is 3.28. The van der Waals surface area contributed by atoms with E-state index in [2.05, 4.69) is 10.6 Å². The molecule has 3 rings (SSSR count). The summed E-state index contributed by atoms with van der Waals surface area (Å²) in [7, 11) is 0. The number of nitrogens with one attached hydrogen (secondary N) is 2. The molecule has 2 aromatic carbocycles. The quantitative estimate of drug-likeness (QED) is 0.841. The van der Waals surface area contributed by atoms with Gasteiger partial charge in [0, 0.05) is 6.54 Å². The van der Waals surface area contributed by atoms with E-state index in [1.54, 1.807) is 12.1 Å². The van der Waals surface area contributed by atoms with Crippen molar-refractivity contribution in [1.29, 1.82) is 0 Å². The molecule has 0 spiro atoms. The van der Waals surface area contributed by atoms with Gasteiger partial charge in [0.2, 0.25) is 6.79 Å². The molecule has 1 aliphatic heterocycles. The third-order valence-corrected chi connectivity index (χ3v) is 3.87. The number of fused-ring (bicyclic) bond motifs is 1. The first kappa shape index (κ1) is 15.6. The van der Waals surface area contributed by atoms with Crippen molar-refractivity contribution in [3.63, 3.8) is 0 Å². The first-order valence-corrected chi connectivity index (χ1v) is 7.71. The molecule has 4 nitrogen and oxygen atoms in total. The Labute approximate surface area is 139 Å². The third kappa shape index (κ3) is 3.90. The SMILES string of the molecule is C[C@H](NC(=S)NCc1ccc(F)cc1)c1ccc2c(c1)OCO2. The number of thiocarbonyl (C=S) groups is 1. The van der Waals surface area contributed by atoms with E-state index in [1.807, 2.05) is 25.1 Å². The zero-order chi connectivity index (χ0) is 16.2. The van der Waals surface area contributed by atoms with Gasteiger partial charge in [0.15, 0.2) is 16.6 Å². The molecule has 1 aliphatic rings. The van der Waals surface area contributed by atoms with Crippen LogP contribution in [-0.2, 0) is 6.54 Å². The molecule has 0 unspecified atom stereocenters. The van der Waals surface area contributed by atoms with Gasteiger partial charge in [0.25, 0.3) is 0 Å². The minimum Gasteiger partial charge on any atom is -0.454 e. The van der Waals surface area contributed by atoms with Gasteiger partial charge in [-0.3, -0.25) is 0 Å². The Morgan fingerprint density at radius 2 is 1.91 bits per heavy atom. The number of rotatable bonds is 4. The lowest BCUT2D eigenvalue weighted by atomic mass is 10.1. The lowest BCUT2D eigenvalue weighted by Gasteiger charge is -2.17. The van der Waals surface area contributed by atoms with Gasteiger partial charge in [-0.05, 0) is 54.5 Å². The monoisotopic (exact) mass is 332 g/mol. The van der Waals surface area contributed by atoms with Crippen molar-refractivity contribution >= 4 is 17.3 Å². The van der Waals surface area contributed by atoms with Crippen LogP contribution in [0, 0.1) is 5.82 Å². The summed E-state index contributed by atoms with van der Waals surface area (Å²) in [4.78, 5) is 0. The first-order valence-electron chi connectivity index (χ1n) is 7.30. The van der Waals surface area contributed by atoms with E-state index in [4.69, 9.17) is 21.7 Å². The summed E-state index contributed by atoms with van der Waals surface area (Å²) in [5, 5.41) is 6.87. The van der Waals surface area contributed by atoms with Gasteiger partial charge >= 0.3 is 0 Å². The van der Waals surface area contributed by atoms with E-state index < -0.39 is 0 Å². The summed E-state index contributed by atoms with van der Waals surface area (Å²) in [6.07, 6.45) is 0. The molecular weight excluding hydrogens is 315 g/mol. The van der Waals surface area contributed by atoms with Crippen molar-refractivity contribution in [3.8, 4) is 11.5 Å². The highest BCUT2D eigenvalue weighted by molar-refractivity contribution is 7.80. The van der Waals surface area contributed by atoms with E-state index in [0.29, 0.717) is 11.7 Å². The first-order chi connectivity index (χ1) is 11.1. The number of ether oxygens (including phenoxy) is 2. The summed E-state index contributed by atoms with van der Waals surface area (Å²) in [6.45, 7) is 2.82. The number of halogens is 1. The van der Waals surface area contributed by atoms with E-state index in [-0.39, 0.29) is 18.7 Å². The maximum Gasteiger partial charge on any atom is 0.231 e. The average molecular weight is 332 g/mol. The Balaban J connectivity index is 1.54. The van der Waals surface area contributed by atoms with Gasteiger partial charge in [-0.2, -0.15) is 0 Å². The molecule has 0 radical (unpaired) electrons. The van der Waals surface area contributed by atoms with Crippen LogP contribution >= 0.6 is 12.2 Å². The Morgan fingerprint density at radius 3 is 2.70 bits per heavy atom. The Bertz CT molecular complexity index is 706. The van der Waals surface area contributed by atoms with Crippen LogP contribution in [-0.4, -0.2) is 11.9 Å². The van der Waals surface area contributed by atoms with Crippen LogP contribution in [0.4, 0.5) is 4.39 Å². The normalized spacial score (nSPS) is 13.5. The summed E-state index contributed by atoms with van der Waals surface area (Å²) in [5.41, 5.74) is 2.02. The van der Waals surface area contributed by atoms with Crippen molar-refractivity contribution in [3.05, 3.63) is 59.4 Å². The van der Waals surface area contributed by atoms with Crippen LogP contribution in [0.1, 0.15) is 24.1 Å². The lowest BCUT2D eigenvalue weighted by molar-refractivity contribution is 0.174. The van der Waals surface area contributed by atoms with Gasteiger partial charge < -0.3 is 20.1 Å². The van der Waals surface area contributed by atoms with Crippen molar-refractivity contribution in [2.75, 3.05) is 6.79 Å². The van der Waals surface area contributed by atoms with E-state index in [1.165, 1.54) is 12.1 Å². The molecule has 0 fully saturated rings. The number of hydrogen-bond donors (Lipinski definition) is 2. The largest absolute Gasteiger partial charge is 0.454 e. The summed E-state index contributed by atoms with van der Waals surface area (Å²) < 4.78 is 23.5. The van der Waals surface area contributed by atoms with Crippen LogP contribution in [0.2, 0.25) is 0 Å². The highest BCUT2D eigenvalue weighted by Gasteiger charge is 2.16. The van der Waals surface area contributed by atoms with Crippen LogP contribution < -0.4 is 20.1 Å². The van der Waals surface area contributed by atoms with Crippen LogP contribution in [0.15, 0.2) is 42.5 Å². The maximum absolute atomic E-state index is 12.9. The van der Waals surface area contributed by atoms with Crippen molar-refractivity contribution in [2.45, 2.75) is 19.5 Å². The van der Waals surface area contributed by atoms with E-state index >= 15 is 0 Å². The van der Waals surface area contributed by atoms with Crippen LogP contribution in [0.25, 0.3) is 0 Å². The molecule has 120 valence electrons. The number of benzene rings is 2. The van der Waals surface area contributed by atoms with Gasteiger partial charge in [-0.1, -0.05) is 18.2 Å². The second-order valence-electron chi connectivity index (χ2n) is 5.29. The molecule has 2 N–H and O–H groups in total. The van der Waals surface area contributed by atoms with E-state index in [0.717, 1.165) is 22.6 Å². The molecule has 0 amide bonds. The molecule has 23 heavy (non-hydrogen) atoms.